The molecule has 5 nitrogen and oxygen atoms in total. The van der Waals surface area contributed by atoms with Crippen LogP contribution in [0.15, 0.2) is 16.5 Å². The maximum Gasteiger partial charge on any atom is 0.326 e. The summed E-state index contributed by atoms with van der Waals surface area (Å²) >= 11 is 0. The van der Waals surface area contributed by atoms with Gasteiger partial charge >= 0.3 is 5.97 Å². The quantitative estimate of drug-likeness (QED) is 0.921. The summed E-state index contributed by atoms with van der Waals surface area (Å²) in [6.45, 7) is 6.26. The molecule has 0 spiro atoms. The Morgan fingerprint density at radius 3 is 2.52 bits per heavy atom. The largest absolute Gasteiger partial charge is 0.480 e. The number of carboxylic acid groups (broad SMARTS) is 1. The van der Waals surface area contributed by atoms with Crippen molar-refractivity contribution in [3.8, 4) is 0 Å². The smallest absolute Gasteiger partial charge is 0.326 e. The van der Waals surface area contributed by atoms with Gasteiger partial charge in [-0.2, -0.15) is 0 Å². The van der Waals surface area contributed by atoms with Crippen LogP contribution < -0.4 is 0 Å². The second-order valence-corrected chi connectivity index (χ2v) is 6.31. The van der Waals surface area contributed by atoms with E-state index in [1.807, 2.05) is 32.9 Å². The van der Waals surface area contributed by atoms with Crippen molar-refractivity contribution < 1.29 is 19.1 Å². The molecule has 2 heterocycles. The van der Waals surface area contributed by atoms with Crippen LogP contribution in [0.1, 0.15) is 46.5 Å². The topological polar surface area (TPSA) is 70.8 Å². The summed E-state index contributed by atoms with van der Waals surface area (Å²) in [5.74, 6) is -0.991. The Morgan fingerprint density at radius 1 is 1.17 bits per heavy atom. The average Bonchev–Trinajstić information content (AvgIpc) is 2.89. The van der Waals surface area contributed by atoms with E-state index in [1.165, 1.54) is 4.90 Å². The van der Waals surface area contributed by atoms with E-state index in [9.17, 15) is 14.7 Å². The monoisotopic (exact) mass is 315 g/mol. The highest BCUT2D eigenvalue weighted by Crippen LogP contribution is 2.32. The van der Waals surface area contributed by atoms with Gasteiger partial charge in [0.1, 0.15) is 11.6 Å². The van der Waals surface area contributed by atoms with Gasteiger partial charge in [-0.05, 0) is 51.2 Å². The molecule has 0 saturated carbocycles. The Labute approximate surface area is 134 Å². The Hall–Kier alpha value is -2.30. The summed E-state index contributed by atoms with van der Waals surface area (Å²) in [6.07, 6.45) is 2.16. The second kappa shape index (κ2) is 5.72. The number of benzene rings is 1. The van der Waals surface area contributed by atoms with E-state index in [2.05, 4.69) is 0 Å². The van der Waals surface area contributed by atoms with Crippen molar-refractivity contribution in [3.63, 3.8) is 0 Å². The third-order valence-electron chi connectivity index (χ3n) is 4.73. The van der Waals surface area contributed by atoms with E-state index in [4.69, 9.17) is 4.42 Å². The molecule has 1 fully saturated rings. The minimum absolute atomic E-state index is 0.269. The van der Waals surface area contributed by atoms with Crippen LogP contribution in [-0.4, -0.2) is 34.5 Å². The van der Waals surface area contributed by atoms with E-state index >= 15 is 0 Å². The predicted octanol–water partition coefficient (Wildman–Crippen LogP) is 3.44. The third-order valence-corrected chi connectivity index (χ3v) is 4.73. The zero-order chi connectivity index (χ0) is 16.7. The van der Waals surface area contributed by atoms with Gasteiger partial charge in [-0.15, -0.1) is 0 Å². The fourth-order valence-corrected chi connectivity index (χ4v) is 3.44. The zero-order valence-electron chi connectivity index (χ0n) is 13.7. The first-order valence-electron chi connectivity index (χ1n) is 7.95. The zero-order valence-corrected chi connectivity index (χ0v) is 13.7. The fourth-order valence-electron chi connectivity index (χ4n) is 3.44. The van der Waals surface area contributed by atoms with Crippen LogP contribution in [-0.2, 0) is 4.79 Å². The lowest BCUT2D eigenvalue weighted by atomic mass is 10.0. The number of piperidine rings is 1. The van der Waals surface area contributed by atoms with E-state index in [0.29, 0.717) is 13.0 Å². The number of aliphatic carboxylic acids is 1. The van der Waals surface area contributed by atoms with Crippen molar-refractivity contribution in [2.75, 3.05) is 6.54 Å². The summed E-state index contributed by atoms with van der Waals surface area (Å²) < 4.78 is 5.87. The molecular weight excluding hydrogens is 294 g/mol. The summed E-state index contributed by atoms with van der Waals surface area (Å²) in [4.78, 5) is 25.8. The number of carboxylic acids is 1. The van der Waals surface area contributed by atoms with E-state index in [0.717, 1.165) is 40.5 Å². The number of carbonyl (C=O) groups is 2. The molecule has 1 atom stereocenters. The number of rotatable bonds is 2. The number of hydrogen-bond acceptors (Lipinski definition) is 3. The highest BCUT2D eigenvalue weighted by molar-refractivity contribution is 6.01. The van der Waals surface area contributed by atoms with Gasteiger partial charge in [-0.1, -0.05) is 12.1 Å². The summed E-state index contributed by atoms with van der Waals surface area (Å²) in [7, 11) is 0. The summed E-state index contributed by atoms with van der Waals surface area (Å²) in [5.41, 5.74) is 3.54. The molecule has 1 aromatic carbocycles. The van der Waals surface area contributed by atoms with Crippen molar-refractivity contribution >= 4 is 22.8 Å². The molecule has 1 aromatic heterocycles. The summed E-state index contributed by atoms with van der Waals surface area (Å²) in [6, 6.07) is 3.22. The van der Waals surface area contributed by atoms with E-state index in [1.54, 1.807) is 0 Å². The molecule has 1 saturated heterocycles. The standard InChI is InChI=1S/C18H21NO4/c1-10-7-8-11(2)15-14(10)12(3)16(23-15)17(20)19-9-5-4-6-13(19)18(21)22/h7-8,13H,4-6,9H2,1-3H3,(H,21,22)/t13-/m1/s1. The third kappa shape index (κ3) is 2.50. The van der Waals surface area contributed by atoms with Crippen molar-refractivity contribution in [3.05, 3.63) is 34.6 Å². The minimum atomic E-state index is -0.945. The molecule has 0 unspecified atom stereocenters. The Bertz CT molecular complexity index is 790. The lowest BCUT2D eigenvalue weighted by molar-refractivity contribution is -0.143. The lowest BCUT2D eigenvalue weighted by Gasteiger charge is -2.32. The van der Waals surface area contributed by atoms with Crippen LogP contribution in [0.5, 0.6) is 0 Å². The maximum atomic E-state index is 12.9. The van der Waals surface area contributed by atoms with Crippen LogP contribution in [0, 0.1) is 20.8 Å². The summed E-state index contributed by atoms with van der Waals surface area (Å²) in [5, 5.41) is 10.3. The molecule has 1 aliphatic heterocycles. The minimum Gasteiger partial charge on any atom is -0.480 e. The molecular formula is C18H21NO4. The first-order chi connectivity index (χ1) is 10.9. The lowest BCUT2D eigenvalue weighted by Crippen LogP contribution is -2.48. The van der Waals surface area contributed by atoms with Gasteiger partial charge in [0.25, 0.3) is 5.91 Å². The Balaban J connectivity index is 2.07. The van der Waals surface area contributed by atoms with Crippen molar-refractivity contribution in [2.24, 2.45) is 0 Å². The first-order valence-corrected chi connectivity index (χ1v) is 7.95. The number of nitrogens with zero attached hydrogens (tertiary/aromatic N) is 1. The first kappa shape index (κ1) is 15.6. The molecule has 2 aromatic rings. The number of amides is 1. The normalized spacial score (nSPS) is 18.4. The van der Waals surface area contributed by atoms with Crippen LogP contribution in [0.25, 0.3) is 11.0 Å². The fraction of sp³-hybridized carbons (Fsp3) is 0.444. The van der Waals surface area contributed by atoms with Gasteiger partial charge < -0.3 is 14.4 Å². The maximum absolute atomic E-state index is 12.9. The van der Waals surface area contributed by atoms with Gasteiger partial charge in [0.05, 0.1) is 0 Å². The predicted molar refractivity (Wildman–Crippen MR) is 86.7 cm³/mol. The molecule has 1 amide bonds. The molecule has 23 heavy (non-hydrogen) atoms. The van der Waals surface area contributed by atoms with E-state index < -0.39 is 12.0 Å². The van der Waals surface area contributed by atoms with E-state index in [-0.39, 0.29) is 11.7 Å². The number of fused-ring (bicyclic) bond motifs is 1. The second-order valence-electron chi connectivity index (χ2n) is 6.31. The molecule has 0 radical (unpaired) electrons. The van der Waals surface area contributed by atoms with Crippen molar-refractivity contribution in [1.82, 2.24) is 4.90 Å². The van der Waals surface area contributed by atoms with Crippen LogP contribution in [0.4, 0.5) is 0 Å². The molecule has 3 rings (SSSR count). The van der Waals surface area contributed by atoms with Crippen LogP contribution in [0.3, 0.4) is 0 Å². The highest BCUT2D eigenvalue weighted by atomic mass is 16.4. The van der Waals surface area contributed by atoms with Crippen LogP contribution >= 0.6 is 0 Å². The number of furan rings is 1. The van der Waals surface area contributed by atoms with Gasteiger partial charge in [0.15, 0.2) is 5.76 Å². The average molecular weight is 315 g/mol. The number of hydrogen-bond donors (Lipinski definition) is 1. The van der Waals surface area contributed by atoms with Crippen molar-refractivity contribution in [2.45, 2.75) is 46.1 Å². The van der Waals surface area contributed by atoms with Gasteiger partial charge in [0.2, 0.25) is 0 Å². The van der Waals surface area contributed by atoms with Gasteiger partial charge in [-0.25, -0.2) is 4.79 Å². The molecule has 122 valence electrons. The number of aryl methyl sites for hydroxylation is 3. The number of carbonyl (C=O) groups excluding carboxylic acids is 1. The molecule has 0 aliphatic carbocycles. The van der Waals surface area contributed by atoms with Gasteiger partial charge in [-0.3, -0.25) is 4.79 Å². The number of likely N-dealkylation sites (tertiary alicyclic amines) is 1. The highest BCUT2D eigenvalue weighted by Gasteiger charge is 2.35. The Kier molecular flexibility index (Phi) is 3.88. The van der Waals surface area contributed by atoms with Gasteiger partial charge in [0, 0.05) is 17.5 Å². The molecule has 1 N–H and O–H groups in total. The molecule has 0 bridgehead atoms. The Morgan fingerprint density at radius 2 is 1.87 bits per heavy atom. The molecule has 5 heteroatoms. The van der Waals surface area contributed by atoms with Crippen LogP contribution in [0.2, 0.25) is 0 Å². The molecule has 1 aliphatic rings. The van der Waals surface area contributed by atoms with Crippen molar-refractivity contribution in [1.29, 1.82) is 0 Å². The SMILES string of the molecule is Cc1ccc(C)c2c(C)c(C(=O)N3CCCC[C@@H]3C(=O)O)oc12.